The van der Waals surface area contributed by atoms with Crippen LogP contribution in [-0.4, -0.2) is 10.3 Å². The Morgan fingerprint density at radius 1 is 1.20 bits per heavy atom. The molecule has 1 saturated carbocycles. The van der Waals surface area contributed by atoms with Crippen molar-refractivity contribution >= 4 is 11.1 Å². The Balaban J connectivity index is 1.98. The molecule has 2 rings (SSSR count). The van der Waals surface area contributed by atoms with Gasteiger partial charge in [0.2, 0.25) is 0 Å². The number of aryl methyl sites for hydroxylation is 1. The second-order valence-electron chi connectivity index (χ2n) is 4.05. The number of hydrogen-bond acceptors (Lipinski definition) is 2. The Morgan fingerprint density at radius 2 is 1.80 bits per heavy atom. The van der Waals surface area contributed by atoms with E-state index in [4.69, 9.17) is 4.18 Å². The monoisotopic (exact) mass is 224 g/mol. The lowest BCUT2D eigenvalue weighted by Gasteiger charge is -2.09. The predicted molar refractivity (Wildman–Crippen MR) is 60.9 cm³/mol. The molecule has 0 aliphatic heterocycles. The Morgan fingerprint density at radius 3 is 2.40 bits per heavy atom. The molecule has 0 bridgehead atoms. The zero-order chi connectivity index (χ0) is 10.7. The lowest BCUT2D eigenvalue weighted by atomic mass is 10.2. The maximum Gasteiger partial charge on any atom is 0.189 e. The van der Waals surface area contributed by atoms with Crippen molar-refractivity contribution < 1.29 is 8.39 Å². The van der Waals surface area contributed by atoms with E-state index in [1.807, 2.05) is 31.2 Å². The molecule has 0 spiro atoms. The molecule has 0 heterocycles. The van der Waals surface area contributed by atoms with Crippen LogP contribution in [0.25, 0.3) is 0 Å². The molecular weight excluding hydrogens is 208 g/mol. The second kappa shape index (κ2) is 4.90. The highest BCUT2D eigenvalue weighted by Gasteiger charge is 2.19. The minimum absolute atomic E-state index is 0.201. The molecule has 0 N–H and O–H groups in total. The van der Waals surface area contributed by atoms with Gasteiger partial charge in [-0.2, -0.15) is 0 Å². The van der Waals surface area contributed by atoms with Gasteiger partial charge in [-0.05, 0) is 31.9 Å². The third kappa shape index (κ3) is 2.89. The largest absolute Gasteiger partial charge is 0.283 e. The average Bonchev–Trinajstić information content (AvgIpc) is 2.71. The van der Waals surface area contributed by atoms with Gasteiger partial charge in [0.05, 0.1) is 11.0 Å². The van der Waals surface area contributed by atoms with Crippen LogP contribution in [0.1, 0.15) is 31.2 Å². The van der Waals surface area contributed by atoms with Gasteiger partial charge in [0.15, 0.2) is 11.1 Å². The van der Waals surface area contributed by atoms with E-state index < -0.39 is 11.1 Å². The molecule has 2 nitrogen and oxygen atoms in total. The van der Waals surface area contributed by atoms with Crippen molar-refractivity contribution in [2.75, 3.05) is 0 Å². The zero-order valence-corrected chi connectivity index (χ0v) is 9.76. The van der Waals surface area contributed by atoms with Gasteiger partial charge in [-0.25, -0.2) is 4.21 Å². The third-order valence-electron chi connectivity index (χ3n) is 2.74. The Labute approximate surface area is 93.3 Å². The summed E-state index contributed by atoms with van der Waals surface area (Å²) in [5.74, 6) is 0. The van der Waals surface area contributed by atoms with E-state index in [9.17, 15) is 4.21 Å². The highest BCUT2D eigenvalue weighted by Crippen LogP contribution is 2.23. The summed E-state index contributed by atoms with van der Waals surface area (Å²) in [6, 6.07) is 7.68. The van der Waals surface area contributed by atoms with Crippen molar-refractivity contribution in [1.29, 1.82) is 0 Å². The molecule has 0 amide bonds. The molecule has 0 radical (unpaired) electrons. The summed E-state index contributed by atoms with van der Waals surface area (Å²) in [6.45, 7) is 2.02. The molecule has 1 fully saturated rings. The van der Waals surface area contributed by atoms with Crippen LogP contribution in [0.3, 0.4) is 0 Å². The predicted octanol–water partition coefficient (Wildman–Crippen LogP) is 2.98. The van der Waals surface area contributed by atoms with Crippen molar-refractivity contribution in [2.24, 2.45) is 0 Å². The van der Waals surface area contributed by atoms with Crippen LogP contribution in [0.5, 0.6) is 0 Å². The van der Waals surface area contributed by atoms with E-state index in [1.165, 1.54) is 18.4 Å². The van der Waals surface area contributed by atoms with E-state index in [-0.39, 0.29) is 6.10 Å². The molecule has 0 aromatic heterocycles. The van der Waals surface area contributed by atoms with Gasteiger partial charge >= 0.3 is 0 Å². The Hall–Kier alpha value is -0.670. The quantitative estimate of drug-likeness (QED) is 0.789. The maximum absolute atomic E-state index is 11.8. The van der Waals surface area contributed by atoms with Gasteiger partial charge < -0.3 is 0 Å². The summed E-state index contributed by atoms with van der Waals surface area (Å²) < 4.78 is 17.3. The normalized spacial score (nSPS) is 19.3. The molecule has 1 unspecified atom stereocenters. The Kier molecular flexibility index (Phi) is 3.54. The van der Waals surface area contributed by atoms with Crippen LogP contribution in [0.2, 0.25) is 0 Å². The van der Waals surface area contributed by atoms with Crippen molar-refractivity contribution in [2.45, 2.75) is 43.6 Å². The molecular formula is C12H16O2S. The van der Waals surface area contributed by atoms with Gasteiger partial charge in [-0.3, -0.25) is 4.18 Å². The number of benzene rings is 1. The maximum atomic E-state index is 11.8. The lowest BCUT2D eigenvalue weighted by Crippen LogP contribution is -2.09. The molecule has 0 saturated heterocycles. The van der Waals surface area contributed by atoms with Gasteiger partial charge in [-0.15, -0.1) is 0 Å². The van der Waals surface area contributed by atoms with Crippen LogP contribution in [-0.2, 0) is 15.3 Å². The molecule has 1 aromatic rings. The van der Waals surface area contributed by atoms with E-state index >= 15 is 0 Å². The van der Waals surface area contributed by atoms with Crippen LogP contribution < -0.4 is 0 Å². The van der Waals surface area contributed by atoms with E-state index in [2.05, 4.69) is 0 Å². The van der Waals surface area contributed by atoms with Crippen molar-refractivity contribution in [1.82, 2.24) is 0 Å². The molecule has 3 heteroatoms. The smallest absolute Gasteiger partial charge is 0.189 e. The van der Waals surface area contributed by atoms with Crippen LogP contribution in [0.4, 0.5) is 0 Å². The minimum Gasteiger partial charge on any atom is -0.283 e. The third-order valence-corrected chi connectivity index (χ3v) is 3.84. The zero-order valence-electron chi connectivity index (χ0n) is 8.94. The van der Waals surface area contributed by atoms with Crippen molar-refractivity contribution in [3.05, 3.63) is 29.8 Å². The second-order valence-corrected chi connectivity index (χ2v) is 5.18. The summed E-state index contributed by atoms with van der Waals surface area (Å²) in [7, 11) is 0. The van der Waals surface area contributed by atoms with E-state index in [0.717, 1.165) is 17.7 Å². The minimum atomic E-state index is -1.28. The van der Waals surface area contributed by atoms with Gasteiger partial charge in [0, 0.05) is 0 Å². The van der Waals surface area contributed by atoms with E-state index in [1.54, 1.807) is 0 Å². The molecule has 15 heavy (non-hydrogen) atoms. The summed E-state index contributed by atoms with van der Waals surface area (Å²) >= 11 is -1.28. The number of rotatable bonds is 3. The lowest BCUT2D eigenvalue weighted by molar-refractivity contribution is 0.235. The molecule has 1 aromatic carbocycles. The van der Waals surface area contributed by atoms with Crippen molar-refractivity contribution in [3.63, 3.8) is 0 Å². The first kappa shape index (κ1) is 10.8. The van der Waals surface area contributed by atoms with Crippen LogP contribution in [0.15, 0.2) is 29.2 Å². The van der Waals surface area contributed by atoms with Gasteiger partial charge in [0.25, 0.3) is 0 Å². The molecule has 1 aliphatic rings. The van der Waals surface area contributed by atoms with Crippen LogP contribution >= 0.6 is 0 Å². The average molecular weight is 224 g/mol. The summed E-state index contributed by atoms with van der Waals surface area (Å²) in [4.78, 5) is 0.771. The van der Waals surface area contributed by atoms with Crippen molar-refractivity contribution in [3.8, 4) is 0 Å². The SMILES string of the molecule is Cc1ccc(S(=O)OC2CCCC2)cc1. The fraction of sp³-hybridized carbons (Fsp3) is 0.500. The Bertz CT molecular complexity index is 339. The summed E-state index contributed by atoms with van der Waals surface area (Å²) in [5, 5.41) is 0. The highest BCUT2D eigenvalue weighted by atomic mass is 32.2. The standard InChI is InChI=1S/C12H16O2S/c1-10-6-8-12(9-7-10)15(13)14-11-4-2-3-5-11/h6-9,11H,2-5H2,1H3. The fourth-order valence-electron chi connectivity index (χ4n) is 1.81. The topological polar surface area (TPSA) is 26.3 Å². The fourth-order valence-corrected chi connectivity index (χ4v) is 2.72. The summed E-state index contributed by atoms with van der Waals surface area (Å²) in [6.07, 6.45) is 4.72. The summed E-state index contributed by atoms with van der Waals surface area (Å²) in [5.41, 5.74) is 1.18. The van der Waals surface area contributed by atoms with Crippen LogP contribution in [0, 0.1) is 6.92 Å². The highest BCUT2D eigenvalue weighted by molar-refractivity contribution is 7.80. The molecule has 1 aliphatic carbocycles. The van der Waals surface area contributed by atoms with Gasteiger partial charge in [0.1, 0.15) is 0 Å². The first-order valence-corrected chi connectivity index (χ1v) is 6.49. The molecule has 82 valence electrons. The number of hydrogen-bond donors (Lipinski definition) is 0. The first-order chi connectivity index (χ1) is 7.25. The first-order valence-electron chi connectivity index (χ1n) is 5.41. The van der Waals surface area contributed by atoms with Gasteiger partial charge in [-0.1, -0.05) is 30.5 Å². The van der Waals surface area contributed by atoms with E-state index in [0.29, 0.717) is 0 Å². The molecule has 1 atom stereocenters.